The Morgan fingerprint density at radius 3 is 2.30 bits per heavy atom. The van der Waals surface area contributed by atoms with Crippen LogP contribution >= 0.6 is 27.7 Å². The molecule has 0 saturated heterocycles. The zero-order valence-electron chi connectivity index (χ0n) is 11.4. The molecule has 0 atom stereocenters. The van der Waals surface area contributed by atoms with Gasteiger partial charge in [-0.05, 0) is 61.4 Å². The van der Waals surface area contributed by atoms with Gasteiger partial charge in [-0.15, -0.1) is 11.8 Å². The summed E-state index contributed by atoms with van der Waals surface area (Å²) in [6.07, 6.45) is 0. The second-order valence-corrected chi connectivity index (χ2v) is 6.63. The van der Waals surface area contributed by atoms with Crippen LogP contribution in [0.25, 0.3) is 0 Å². The van der Waals surface area contributed by atoms with Crippen LogP contribution in [0.1, 0.15) is 11.1 Å². The van der Waals surface area contributed by atoms with E-state index in [0.29, 0.717) is 5.75 Å². The molecular weight excluding hydrogens is 334 g/mol. The van der Waals surface area contributed by atoms with Crippen molar-refractivity contribution in [3.63, 3.8) is 0 Å². The molecule has 0 spiro atoms. The average Bonchev–Trinajstić information content (AvgIpc) is 2.37. The standard InChI is InChI=1S/C16H16BrNOS/c1-11-7-12(2)9-14(8-11)18-16(19)10-20-15-5-3-13(17)4-6-15/h3-9H,10H2,1-2H3,(H,18,19). The number of halogens is 1. The summed E-state index contributed by atoms with van der Waals surface area (Å²) in [5.41, 5.74) is 3.17. The topological polar surface area (TPSA) is 29.1 Å². The van der Waals surface area contributed by atoms with E-state index >= 15 is 0 Å². The Kier molecular flexibility index (Phi) is 5.26. The number of aryl methyl sites for hydroxylation is 2. The number of amides is 1. The third-order valence-electron chi connectivity index (χ3n) is 2.69. The van der Waals surface area contributed by atoms with Crippen LogP contribution in [0.3, 0.4) is 0 Å². The van der Waals surface area contributed by atoms with Crippen molar-refractivity contribution < 1.29 is 4.79 Å². The number of carbonyl (C=O) groups excluding carboxylic acids is 1. The molecule has 0 bridgehead atoms. The number of hydrogen-bond acceptors (Lipinski definition) is 2. The minimum Gasteiger partial charge on any atom is -0.325 e. The summed E-state index contributed by atoms with van der Waals surface area (Å²) in [5.74, 6) is 0.428. The van der Waals surface area contributed by atoms with Crippen LogP contribution in [0.5, 0.6) is 0 Å². The molecule has 0 aliphatic heterocycles. The van der Waals surface area contributed by atoms with Gasteiger partial charge >= 0.3 is 0 Å². The first-order valence-electron chi connectivity index (χ1n) is 6.29. The number of rotatable bonds is 4. The molecule has 2 aromatic carbocycles. The monoisotopic (exact) mass is 349 g/mol. The molecule has 0 saturated carbocycles. The SMILES string of the molecule is Cc1cc(C)cc(NC(=O)CSc2ccc(Br)cc2)c1. The van der Waals surface area contributed by atoms with Crippen LogP contribution in [0.15, 0.2) is 51.8 Å². The third-order valence-corrected chi connectivity index (χ3v) is 4.23. The summed E-state index contributed by atoms with van der Waals surface area (Å²) in [7, 11) is 0. The summed E-state index contributed by atoms with van der Waals surface area (Å²) < 4.78 is 1.04. The van der Waals surface area contributed by atoms with E-state index in [-0.39, 0.29) is 5.91 Å². The van der Waals surface area contributed by atoms with Gasteiger partial charge in [0.05, 0.1) is 5.75 Å². The summed E-state index contributed by atoms with van der Waals surface area (Å²) in [6.45, 7) is 4.05. The van der Waals surface area contributed by atoms with E-state index in [1.807, 2.05) is 50.2 Å². The number of nitrogens with one attached hydrogen (secondary N) is 1. The van der Waals surface area contributed by atoms with Gasteiger partial charge < -0.3 is 5.32 Å². The Bertz CT molecular complexity index is 590. The highest BCUT2D eigenvalue weighted by Crippen LogP contribution is 2.21. The van der Waals surface area contributed by atoms with Crippen LogP contribution in [-0.2, 0) is 4.79 Å². The van der Waals surface area contributed by atoms with Crippen LogP contribution in [0, 0.1) is 13.8 Å². The molecule has 1 N–H and O–H groups in total. The first-order chi connectivity index (χ1) is 9.52. The molecule has 0 aromatic heterocycles. The highest BCUT2D eigenvalue weighted by atomic mass is 79.9. The van der Waals surface area contributed by atoms with Crippen molar-refractivity contribution >= 4 is 39.3 Å². The van der Waals surface area contributed by atoms with Crippen LogP contribution in [0.2, 0.25) is 0 Å². The fraction of sp³-hybridized carbons (Fsp3) is 0.188. The number of anilines is 1. The average molecular weight is 350 g/mol. The number of carbonyl (C=O) groups is 1. The van der Waals surface area contributed by atoms with Crippen molar-refractivity contribution in [2.75, 3.05) is 11.1 Å². The van der Waals surface area contributed by atoms with Crippen molar-refractivity contribution in [1.82, 2.24) is 0 Å². The summed E-state index contributed by atoms with van der Waals surface area (Å²) in [5, 5.41) is 2.94. The summed E-state index contributed by atoms with van der Waals surface area (Å²) in [6, 6.07) is 14.0. The first kappa shape index (κ1) is 15.1. The van der Waals surface area contributed by atoms with Gasteiger partial charge in [-0.25, -0.2) is 0 Å². The largest absolute Gasteiger partial charge is 0.325 e. The number of benzene rings is 2. The van der Waals surface area contributed by atoms with Gasteiger partial charge in [0, 0.05) is 15.1 Å². The molecule has 0 fully saturated rings. The maximum Gasteiger partial charge on any atom is 0.234 e. The van der Waals surface area contributed by atoms with Crippen molar-refractivity contribution in [2.24, 2.45) is 0 Å². The molecule has 104 valence electrons. The van der Waals surface area contributed by atoms with Crippen molar-refractivity contribution in [3.05, 3.63) is 58.1 Å². The lowest BCUT2D eigenvalue weighted by atomic mass is 10.1. The quantitative estimate of drug-likeness (QED) is 0.803. The van der Waals surface area contributed by atoms with Gasteiger partial charge in [0.25, 0.3) is 0 Å². The molecule has 0 aliphatic carbocycles. The second kappa shape index (κ2) is 6.95. The number of hydrogen-bond donors (Lipinski definition) is 1. The summed E-state index contributed by atoms with van der Waals surface area (Å²) >= 11 is 4.93. The van der Waals surface area contributed by atoms with Gasteiger partial charge in [-0.2, -0.15) is 0 Å². The normalized spacial score (nSPS) is 10.3. The molecule has 2 aromatic rings. The van der Waals surface area contributed by atoms with E-state index in [1.54, 1.807) is 0 Å². The minimum atomic E-state index is 0.0166. The molecule has 0 aliphatic rings. The van der Waals surface area contributed by atoms with Crippen LogP contribution in [0.4, 0.5) is 5.69 Å². The molecule has 1 amide bonds. The maximum absolute atomic E-state index is 11.9. The van der Waals surface area contributed by atoms with Gasteiger partial charge in [0.1, 0.15) is 0 Å². The van der Waals surface area contributed by atoms with E-state index in [0.717, 1.165) is 26.2 Å². The van der Waals surface area contributed by atoms with E-state index in [1.165, 1.54) is 11.8 Å². The second-order valence-electron chi connectivity index (χ2n) is 4.67. The minimum absolute atomic E-state index is 0.0166. The van der Waals surface area contributed by atoms with Crippen molar-refractivity contribution in [3.8, 4) is 0 Å². The molecule has 4 heteroatoms. The van der Waals surface area contributed by atoms with E-state index in [2.05, 4.69) is 27.3 Å². The Balaban J connectivity index is 1.90. The van der Waals surface area contributed by atoms with Crippen LogP contribution in [-0.4, -0.2) is 11.7 Å². The maximum atomic E-state index is 11.9. The Labute approximate surface area is 132 Å². The third kappa shape index (κ3) is 4.69. The fourth-order valence-corrected chi connectivity index (χ4v) is 2.89. The van der Waals surface area contributed by atoms with Crippen LogP contribution < -0.4 is 5.32 Å². The molecule has 2 rings (SSSR count). The van der Waals surface area contributed by atoms with E-state index in [9.17, 15) is 4.79 Å². The lowest BCUT2D eigenvalue weighted by molar-refractivity contribution is -0.113. The van der Waals surface area contributed by atoms with Gasteiger partial charge in [-0.1, -0.05) is 22.0 Å². The van der Waals surface area contributed by atoms with E-state index in [4.69, 9.17) is 0 Å². The lowest BCUT2D eigenvalue weighted by Crippen LogP contribution is -2.14. The van der Waals surface area contributed by atoms with Gasteiger partial charge in [0.15, 0.2) is 0 Å². The first-order valence-corrected chi connectivity index (χ1v) is 8.07. The van der Waals surface area contributed by atoms with Gasteiger partial charge in [-0.3, -0.25) is 4.79 Å². The predicted molar refractivity (Wildman–Crippen MR) is 89.4 cm³/mol. The smallest absolute Gasteiger partial charge is 0.234 e. The Morgan fingerprint density at radius 2 is 1.70 bits per heavy atom. The van der Waals surface area contributed by atoms with Crippen molar-refractivity contribution in [1.29, 1.82) is 0 Å². The molecular formula is C16H16BrNOS. The zero-order chi connectivity index (χ0) is 14.5. The highest BCUT2D eigenvalue weighted by molar-refractivity contribution is 9.10. The molecule has 0 heterocycles. The van der Waals surface area contributed by atoms with Crippen molar-refractivity contribution in [2.45, 2.75) is 18.7 Å². The van der Waals surface area contributed by atoms with E-state index < -0.39 is 0 Å². The predicted octanol–water partition coefficient (Wildman–Crippen LogP) is 4.80. The van der Waals surface area contributed by atoms with Gasteiger partial charge in [0.2, 0.25) is 5.91 Å². The number of thioether (sulfide) groups is 1. The molecule has 0 radical (unpaired) electrons. The molecule has 0 unspecified atom stereocenters. The zero-order valence-corrected chi connectivity index (χ0v) is 13.8. The summed E-state index contributed by atoms with van der Waals surface area (Å²) in [4.78, 5) is 13.0. The Morgan fingerprint density at radius 1 is 1.10 bits per heavy atom. The highest BCUT2D eigenvalue weighted by Gasteiger charge is 2.04. The lowest BCUT2D eigenvalue weighted by Gasteiger charge is -2.07. The molecule has 2 nitrogen and oxygen atoms in total. The molecule has 20 heavy (non-hydrogen) atoms. The fourth-order valence-electron chi connectivity index (χ4n) is 1.92. The Hall–Kier alpha value is -1.26.